The van der Waals surface area contributed by atoms with Crippen LogP contribution in [0.15, 0.2) is 0 Å². The number of hydrogen-bond donors (Lipinski definition) is 5. The first-order valence-corrected chi connectivity index (χ1v) is 17.4. The number of rotatable bonds is 14. The molecule has 0 aromatic carbocycles. The van der Waals surface area contributed by atoms with Crippen molar-refractivity contribution in [2.75, 3.05) is 64.9 Å². The maximum Gasteiger partial charge on any atom is 0.335 e. The topological polar surface area (TPSA) is 197 Å². The summed E-state index contributed by atoms with van der Waals surface area (Å²) in [6.07, 6.45) is 5.19. The van der Waals surface area contributed by atoms with E-state index in [9.17, 15) is 24.0 Å². The second-order valence-electron chi connectivity index (χ2n) is 13.5. The van der Waals surface area contributed by atoms with Crippen LogP contribution in [0.5, 0.6) is 0 Å². The van der Waals surface area contributed by atoms with E-state index in [4.69, 9.17) is 25.2 Å². The number of ether oxygens (including phenoxy) is 1. The molecule has 0 radical (unpaired) electrons. The van der Waals surface area contributed by atoms with Gasteiger partial charge in [-0.1, -0.05) is 0 Å². The van der Waals surface area contributed by atoms with Crippen LogP contribution in [0.2, 0.25) is 0 Å². The van der Waals surface area contributed by atoms with Crippen LogP contribution < -0.4 is 5.32 Å². The Kier molecular flexibility index (Phi) is 14.4. The van der Waals surface area contributed by atoms with E-state index in [0.717, 1.165) is 49.6 Å². The molecular formula is C31H52N4O10S. The average molecular weight is 673 g/mol. The Labute approximate surface area is 275 Å². The highest BCUT2D eigenvalue weighted by molar-refractivity contribution is 7.99. The molecule has 0 aromatic rings. The summed E-state index contributed by atoms with van der Waals surface area (Å²) in [7, 11) is 3.48. The number of aliphatic hydroxyl groups is 2. The minimum Gasteiger partial charge on any atom is -0.479 e. The Morgan fingerprint density at radius 1 is 0.891 bits per heavy atom. The highest BCUT2D eigenvalue weighted by Crippen LogP contribution is 2.61. The first kappa shape index (κ1) is 37.8. The van der Waals surface area contributed by atoms with Crippen molar-refractivity contribution in [2.24, 2.45) is 23.2 Å². The fourth-order valence-electron chi connectivity index (χ4n) is 7.73. The van der Waals surface area contributed by atoms with Gasteiger partial charge in [-0.15, -0.1) is 0 Å². The molecule has 4 aliphatic carbocycles. The number of aliphatic carboxylic acids is 2. The monoisotopic (exact) mass is 672 g/mol. The second kappa shape index (κ2) is 17.5. The van der Waals surface area contributed by atoms with E-state index in [1.54, 1.807) is 18.7 Å². The van der Waals surface area contributed by atoms with Crippen molar-refractivity contribution in [3.63, 3.8) is 0 Å². The number of nitrogens with one attached hydrogen (secondary N) is 1. The van der Waals surface area contributed by atoms with Gasteiger partial charge >= 0.3 is 23.9 Å². The van der Waals surface area contributed by atoms with Crippen molar-refractivity contribution < 1.29 is 49.1 Å². The lowest BCUT2D eigenvalue weighted by molar-refractivity contribution is -0.165. The van der Waals surface area contributed by atoms with Crippen LogP contribution >= 0.6 is 11.8 Å². The normalized spacial score (nSPS) is 27.1. The predicted molar refractivity (Wildman–Crippen MR) is 170 cm³/mol. The molecule has 15 heteroatoms. The van der Waals surface area contributed by atoms with Crippen LogP contribution in [0.3, 0.4) is 0 Å². The van der Waals surface area contributed by atoms with E-state index >= 15 is 0 Å². The maximum atomic E-state index is 13.4. The van der Waals surface area contributed by atoms with Crippen molar-refractivity contribution in [1.29, 1.82) is 0 Å². The van der Waals surface area contributed by atoms with Gasteiger partial charge in [0.1, 0.15) is 6.04 Å². The van der Waals surface area contributed by atoms with Crippen molar-refractivity contribution in [1.82, 2.24) is 20.0 Å². The quantitative estimate of drug-likeness (QED) is 0.130. The number of amides is 3. The number of carboxylic acid groups (broad SMARTS) is 2. The number of thioether (sulfide) groups is 1. The maximum absolute atomic E-state index is 13.4. The molecule has 3 atom stereocenters. The number of carbonyl (C=O) groups excluding carboxylic acids is 3. The smallest absolute Gasteiger partial charge is 0.335 e. The molecule has 0 spiro atoms. The number of methoxy groups -OCH3 is 1. The lowest BCUT2D eigenvalue weighted by atomic mass is 9.49. The average Bonchev–Trinajstić information content (AvgIpc) is 3.00. The third-order valence-corrected chi connectivity index (χ3v) is 10.8. The van der Waals surface area contributed by atoms with Gasteiger partial charge in [-0.3, -0.25) is 9.59 Å². The van der Waals surface area contributed by atoms with Gasteiger partial charge in [-0.2, -0.15) is 11.8 Å². The van der Waals surface area contributed by atoms with E-state index in [2.05, 4.69) is 17.3 Å². The Balaban J connectivity index is 0.000000498. The van der Waals surface area contributed by atoms with Crippen molar-refractivity contribution in [3.8, 4) is 0 Å². The molecule has 2 unspecified atom stereocenters. The molecular weight excluding hydrogens is 620 g/mol. The van der Waals surface area contributed by atoms with Crippen molar-refractivity contribution in [2.45, 2.75) is 76.5 Å². The number of hydrogen-bond acceptors (Lipinski definition) is 10. The molecule has 4 saturated carbocycles. The van der Waals surface area contributed by atoms with Gasteiger partial charge < -0.3 is 45.2 Å². The zero-order valence-electron chi connectivity index (χ0n) is 27.3. The zero-order chi connectivity index (χ0) is 34.0. The summed E-state index contributed by atoms with van der Waals surface area (Å²) in [5, 5.41) is 35.5. The van der Waals surface area contributed by atoms with Crippen molar-refractivity contribution >= 4 is 41.6 Å². The SMILES string of the molecule is COC(=O)CCSCCN(CCC12CC3CC(CC(C3)C1)C2)C(=O)N[C@@H](C)C(=O)N1CCN(C)CC1.O=C(O)C(O)C(O)C(=O)O. The fourth-order valence-corrected chi connectivity index (χ4v) is 8.59. The molecule has 5 N–H and O–H groups in total. The molecule has 1 heterocycles. The van der Waals surface area contributed by atoms with Gasteiger partial charge in [-0.05, 0) is 82.1 Å². The number of nitrogens with zero attached hydrogens (tertiary/aromatic N) is 3. The Hall–Kier alpha value is -2.62. The summed E-state index contributed by atoms with van der Waals surface area (Å²) in [5.74, 6) is 0.419. The minimum absolute atomic E-state index is 0.00457. The van der Waals surface area contributed by atoms with Crippen LogP contribution in [0.4, 0.5) is 4.79 Å². The zero-order valence-corrected chi connectivity index (χ0v) is 28.1. The first-order valence-electron chi connectivity index (χ1n) is 16.2. The molecule has 0 aromatic heterocycles. The van der Waals surface area contributed by atoms with Gasteiger partial charge in [0.25, 0.3) is 0 Å². The highest BCUT2D eigenvalue weighted by atomic mass is 32.2. The number of carboxylic acids is 2. The summed E-state index contributed by atoms with van der Waals surface area (Å²) in [6.45, 7) is 6.33. The molecule has 14 nitrogen and oxygen atoms in total. The molecule has 1 aliphatic heterocycles. The summed E-state index contributed by atoms with van der Waals surface area (Å²) in [6, 6.07) is -0.668. The molecule has 5 aliphatic rings. The standard InChI is InChI=1S/C27H46N4O4S.C4H6O6/c1-20(25(33)30-9-7-29(2)8-10-30)28-26(34)31(11-13-36-12-4-24(32)35-3)6-5-27-17-21-14-22(18-27)16-23(15-21)19-27;5-1(3(7)8)2(6)4(9)10/h20-23H,4-19H2,1-3H3,(H,28,34);1-2,5-6H,(H,7,8)(H,9,10)/t20-,21?,22?,23?,27?;/m0./s1. The third kappa shape index (κ3) is 11.0. The van der Waals surface area contributed by atoms with Crippen molar-refractivity contribution in [3.05, 3.63) is 0 Å². The van der Waals surface area contributed by atoms with Gasteiger partial charge in [0.2, 0.25) is 5.91 Å². The first-order chi connectivity index (χ1) is 21.7. The lowest BCUT2D eigenvalue weighted by Crippen LogP contribution is -2.55. The molecule has 3 amide bonds. The Morgan fingerprint density at radius 3 is 1.89 bits per heavy atom. The largest absolute Gasteiger partial charge is 0.479 e. The van der Waals surface area contributed by atoms with Crippen LogP contribution in [0.25, 0.3) is 0 Å². The minimum atomic E-state index is -2.27. The number of likely N-dealkylation sites (N-methyl/N-ethyl adjacent to an activating group) is 1. The van der Waals surface area contributed by atoms with Gasteiger partial charge in [0.05, 0.1) is 13.5 Å². The summed E-state index contributed by atoms with van der Waals surface area (Å²) < 4.78 is 4.73. The number of esters is 1. The molecule has 1 saturated heterocycles. The molecule has 262 valence electrons. The fraction of sp³-hybridized carbons (Fsp3) is 0.839. The molecule has 5 fully saturated rings. The molecule has 46 heavy (non-hydrogen) atoms. The van der Waals surface area contributed by atoms with Gasteiger partial charge in [-0.25, -0.2) is 14.4 Å². The number of aliphatic hydroxyl groups excluding tert-OH is 2. The lowest BCUT2D eigenvalue weighted by Gasteiger charge is -2.57. The van der Waals surface area contributed by atoms with Crippen LogP contribution in [0.1, 0.15) is 58.3 Å². The van der Waals surface area contributed by atoms with Gasteiger partial charge in [0.15, 0.2) is 12.2 Å². The van der Waals surface area contributed by atoms with E-state index in [1.165, 1.54) is 45.6 Å². The number of piperazine rings is 1. The van der Waals surface area contributed by atoms with E-state index in [1.807, 2.05) is 9.80 Å². The van der Waals surface area contributed by atoms with Crippen LogP contribution in [-0.4, -0.2) is 148 Å². The second-order valence-corrected chi connectivity index (χ2v) is 14.7. The Bertz CT molecular complexity index is 1020. The van der Waals surface area contributed by atoms with E-state index in [-0.39, 0.29) is 17.9 Å². The number of carbonyl (C=O) groups is 5. The Morgan fingerprint density at radius 2 is 1.41 bits per heavy atom. The third-order valence-electron chi connectivity index (χ3n) is 9.88. The van der Waals surface area contributed by atoms with E-state index in [0.29, 0.717) is 37.2 Å². The predicted octanol–water partition coefficient (Wildman–Crippen LogP) is 0.941. The molecule has 4 bridgehead atoms. The highest BCUT2D eigenvalue weighted by Gasteiger charge is 2.50. The van der Waals surface area contributed by atoms with Crippen LogP contribution in [-0.2, 0) is 23.9 Å². The number of urea groups is 1. The van der Waals surface area contributed by atoms with E-state index < -0.39 is 30.2 Å². The summed E-state index contributed by atoms with van der Waals surface area (Å²) in [4.78, 5) is 63.3. The summed E-state index contributed by atoms with van der Waals surface area (Å²) in [5.41, 5.74) is 0.409. The van der Waals surface area contributed by atoms with Gasteiger partial charge in [0, 0.05) is 50.8 Å². The molecule has 5 rings (SSSR count). The summed E-state index contributed by atoms with van der Waals surface area (Å²) >= 11 is 1.67. The van der Waals surface area contributed by atoms with Crippen LogP contribution in [0, 0.1) is 23.2 Å².